The fourth-order valence-electron chi connectivity index (χ4n) is 2.97. The summed E-state index contributed by atoms with van der Waals surface area (Å²) in [6.45, 7) is -0.282. The molecule has 176 valence electrons. The number of methoxy groups -OCH3 is 2. The van der Waals surface area contributed by atoms with Gasteiger partial charge in [-0.2, -0.15) is 5.26 Å². The van der Waals surface area contributed by atoms with E-state index < -0.39 is 15.9 Å². The van der Waals surface area contributed by atoms with Crippen LogP contribution in [-0.4, -0.2) is 35.2 Å². The average molecular weight is 482 g/mol. The van der Waals surface area contributed by atoms with Gasteiger partial charge in [0.1, 0.15) is 22.1 Å². The highest BCUT2D eigenvalue weighted by Crippen LogP contribution is 2.29. The van der Waals surface area contributed by atoms with Crippen LogP contribution in [0, 0.1) is 11.3 Å². The van der Waals surface area contributed by atoms with Gasteiger partial charge in [0.2, 0.25) is 0 Å². The van der Waals surface area contributed by atoms with Crippen molar-refractivity contribution >= 4 is 27.3 Å². The number of nitrogens with one attached hydrogen (secondary N) is 2. The highest BCUT2D eigenvalue weighted by Gasteiger charge is 2.21. The molecule has 3 rings (SSSR count). The third-order valence-corrected chi connectivity index (χ3v) is 6.06. The van der Waals surface area contributed by atoms with Crippen LogP contribution in [0.25, 0.3) is 0 Å². The first-order chi connectivity index (χ1) is 16.3. The van der Waals surface area contributed by atoms with Crippen molar-refractivity contribution in [3.63, 3.8) is 0 Å². The summed E-state index contributed by atoms with van der Waals surface area (Å²) in [5.74, 6) is 0.703. The number of amides is 1. The normalized spacial score (nSPS) is 10.6. The van der Waals surface area contributed by atoms with Crippen LogP contribution in [0.1, 0.15) is 5.56 Å². The molecule has 0 aliphatic rings. The van der Waals surface area contributed by atoms with E-state index in [4.69, 9.17) is 19.5 Å². The summed E-state index contributed by atoms with van der Waals surface area (Å²) in [5, 5.41) is 11.3. The van der Waals surface area contributed by atoms with Crippen LogP contribution in [0.4, 0.5) is 11.4 Å². The van der Waals surface area contributed by atoms with Crippen molar-refractivity contribution in [3.8, 4) is 23.3 Å². The number of nitrogens with zero attached hydrogens (tertiary/aromatic N) is 1. The predicted molar refractivity (Wildman–Crippen MR) is 127 cm³/mol. The molecule has 10 heteroatoms. The Hall–Kier alpha value is -4.23. The van der Waals surface area contributed by atoms with E-state index in [2.05, 4.69) is 16.1 Å². The second-order valence-electron chi connectivity index (χ2n) is 7.02. The van der Waals surface area contributed by atoms with Gasteiger partial charge in [0.25, 0.3) is 15.9 Å². The summed E-state index contributed by atoms with van der Waals surface area (Å²) in [4.78, 5) is 12.2. The van der Waals surface area contributed by atoms with Crippen molar-refractivity contribution in [2.75, 3.05) is 30.9 Å². The Morgan fingerprint density at radius 1 is 0.912 bits per heavy atom. The lowest BCUT2D eigenvalue weighted by molar-refractivity contribution is -0.118. The van der Waals surface area contributed by atoms with Gasteiger partial charge < -0.3 is 19.5 Å². The number of hydrogen-bond donors (Lipinski definition) is 2. The molecule has 0 atom stereocenters. The van der Waals surface area contributed by atoms with Gasteiger partial charge in [-0.3, -0.25) is 9.52 Å². The maximum atomic E-state index is 13.0. The Balaban J connectivity index is 1.69. The fourth-order valence-corrected chi connectivity index (χ4v) is 4.23. The summed E-state index contributed by atoms with van der Waals surface area (Å²) in [6, 6.07) is 19.6. The summed E-state index contributed by atoms with van der Waals surface area (Å²) in [5.41, 5.74) is 1.44. The number of benzene rings is 3. The van der Waals surface area contributed by atoms with Crippen LogP contribution in [0.3, 0.4) is 0 Å². The molecule has 0 aliphatic carbocycles. The minimum Gasteiger partial charge on any atom is -0.497 e. The Morgan fingerprint density at radius 2 is 1.56 bits per heavy atom. The van der Waals surface area contributed by atoms with E-state index in [9.17, 15) is 13.2 Å². The van der Waals surface area contributed by atoms with Gasteiger partial charge in [-0.05, 0) is 60.2 Å². The van der Waals surface area contributed by atoms with E-state index in [0.717, 1.165) is 5.56 Å². The zero-order valence-electron chi connectivity index (χ0n) is 18.6. The average Bonchev–Trinajstić information content (AvgIpc) is 2.84. The van der Waals surface area contributed by atoms with Crippen LogP contribution in [-0.2, 0) is 21.2 Å². The van der Waals surface area contributed by atoms with E-state index in [1.165, 1.54) is 32.4 Å². The summed E-state index contributed by atoms with van der Waals surface area (Å²) in [7, 11) is -1.15. The van der Waals surface area contributed by atoms with E-state index in [1.807, 2.05) is 0 Å². The molecule has 0 radical (unpaired) electrons. The highest BCUT2D eigenvalue weighted by molar-refractivity contribution is 7.92. The fraction of sp³-hybridized carbons (Fsp3) is 0.167. The minimum absolute atomic E-state index is 0.118. The number of carbonyl (C=O) groups is 1. The van der Waals surface area contributed by atoms with Crippen molar-refractivity contribution in [1.29, 1.82) is 5.26 Å². The number of sulfonamides is 1. The van der Waals surface area contributed by atoms with Crippen LogP contribution >= 0.6 is 0 Å². The number of carbonyl (C=O) groups excluding carboxylic acids is 1. The topological polar surface area (TPSA) is 127 Å². The van der Waals surface area contributed by atoms with Gasteiger partial charge in [0.05, 0.1) is 26.7 Å². The molecule has 0 aromatic heterocycles. The Bertz CT molecular complexity index is 1280. The number of ether oxygens (including phenoxy) is 3. The lowest BCUT2D eigenvalue weighted by Crippen LogP contribution is -2.21. The van der Waals surface area contributed by atoms with Crippen molar-refractivity contribution < 1.29 is 27.4 Å². The second-order valence-corrected chi connectivity index (χ2v) is 8.67. The van der Waals surface area contributed by atoms with Gasteiger partial charge in [0.15, 0.2) is 6.61 Å². The zero-order valence-corrected chi connectivity index (χ0v) is 19.4. The molecule has 0 unspecified atom stereocenters. The maximum Gasteiger partial charge on any atom is 0.265 e. The van der Waals surface area contributed by atoms with E-state index in [0.29, 0.717) is 17.2 Å². The molecule has 0 aliphatic heterocycles. The van der Waals surface area contributed by atoms with E-state index in [-0.39, 0.29) is 29.4 Å². The highest BCUT2D eigenvalue weighted by atomic mass is 32.2. The Kier molecular flexibility index (Phi) is 7.95. The van der Waals surface area contributed by atoms with Gasteiger partial charge >= 0.3 is 0 Å². The molecule has 3 aromatic rings. The van der Waals surface area contributed by atoms with Crippen LogP contribution in [0.2, 0.25) is 0 Å². The van der Waals surface area contributed by atoms with Crippen LogP contribution in [0.15, 0.2) is 71.6 Å². The molecule has 0 saturated heterocycles. The summed E-state index contributed by atoms with van der Waals surface area (Å²) < 4.78 is 44.2. The first kappa shape index (κ1) is 24.4. The van der Waals surface area contributed by atoms with Gasteiger partial charge in [-0.1, -0.05) is 12.1 Å². The molecule has 0 saturated carbocycles. The molecule has 3 aromatic carbocycles. The smallest absolute Gasteiger partial charge is 0.265 e. The molecule has 0 bridgehead atoms. The minimum atomic E-state index is -4.02. The molecule has 0 spiro atoms. The molecule has 0 heterocycles. The monoisotopic (exact) mass is 481 g/mol. The number of nitriles is 1. The number of rotatable bonds is 10. The largest absolute Gasteiger partial charge is 0.497 e. The van der Waals surface area contributed by atoms with Gasteiger partial charge in [-0.15, -0.1) is 0 Å². The third kappa shape index (κ3) is 6.40. The summed E-state index contributed by atoms with van der Waals surface area (Å²) in [6.07, 6.45) is 0.288. The van der Waals surface area contributed by atoms with E-state index in [1.54, 1.807) is 48.5 Å². The predicted octanol–water partition coefficient (Wildman–Crippen LogP) is 3.59. The van der Waals surface area contributed by atoms with Crippen molar-refractivity contribution in [2.24, 2.45) is 0 Å². The molecule has 34 heavy (non-hydrogen) atoms. The van der Waals surface area contributed by atoms with Crippen LogP contribution < -0.4 is 24.2 Å². The van der Waals surface area contributed by atoms with Crippen molar-refractivity contribution in [1.82, 2.24) is 0 Å². The van der Waals surface area contributed by atoms with Gasteiger partial charge in [0, 0.05) is 11.4 Å². The second kappa shape index (κ2) is 11.1. The standard InChI is InChI=1S/C24H23N3O6S/c1-31-20-10-5-18(6-11-20)27-34(29,30)23-15-19(7-12-22(23)32-2)26-24(28)16-33-21-8-3-17(4-9-21)13-14-25/h3-12,15,27H,13,16H2,1-2H3,(H,26,28). The molecule has 2 N–H and O–H groups in total. The first-order valence-corrected chi connectivity index (χ1v) is 11.6. The zero-order chi connectivity index (χ0) is 24.6. The molecule has 9 nitrogen and oxygen atoms in total. The lowest BCUT2D eigenvalue weighted by atomic mass is 10.2. The number of anilines is 2. The van der Waals surface area contributed by atoms with E-state index >= 15 is 0 Å². The summed E-state index contributed by atoms with van der Waals surface area (Å²) >= 11 is 0. The Morgan fingerprint density at radius 3 is 2.18 bits per heavy atom. The lowest BCUT2D eigenvalue weighted by Gasteiger charge is -2.14. The molecular weight excluding hydrogens is 458 g/mol. The van der Waals surface area contributed by atoms with Crippen molar-refractivity contribution in [2.45, 2.75) is 11.3 Å². The quantitative estimate of drug-likeness (QED) is 0.453. The van der Waals surface area contributed by atoms with Crippen molar-refractivity contribution in [3.05, 3.63) is 72.3 Å². The Labute approximate surface area is 197 Å². The number of hydrogen-bond acceptors (Lipinski definition) is 7. The van der Waals surface area contributed by atoms with Gasteiger partial charge in [-0.25, -0.2) is 8.42 Å². The first-order valence-electron chi connectivity index (χ1n) is 10.1. The third-order valence-electron chi connectivity index (χ3n) is 4.66. The van der Waals surface area contributed by atoms with Crippen LogP contribution in [0.5, 0.6) is 17.2 Å². The SMILES string of the molecule is COc1ccc(NS(=O)(=O)c2cc(NC(=O)COc3ccc(CC#N)cc3)ccc2OC)cc1. The molecule has 0 fully saturated rings. The molecular formula is C24H23N3O6S. The maximum absolute atomic E-state index is 13.0. The molecule has 1 amide bonds.